The summed E-state index contributed by atoms with van der Waals surface area (Å²) in [4.78, 5) is 16.0. The minimum atomic E-state index is -0.285. The number of fused-ring (bicyclic) bond motifs is 1. The molecule has 128 valence electrons. The van der Waals surface area contributed by atoms with Gasteiger partial charge >= 0.3 is 6.09 Å². The number of hydrogen-bond acceptors (Lipinski definition) is 7. The van der Waals surface area contributed by atoms with Crippen molar-refractivity contribution in [1.29, 1.82) is 0 Å². The van der Waals surface area contributed by atoms with E-state index in [9.17, 15) is 4.79 Å². The molecule has 0 aliphatic carbocycles. The Morgan fingerprint density at radius 1 is 1.04 bits per heavy atom. The molecule has 3 aromatic rings. The van der Waals surface area contributed by atoms with Crippen molar-refractivity contribution in [2.24, 2.45) is 0 Å². The van der Waals surface area contributed by atoms with E-state index in [0.29, 0.717) is 31.8 Å². The summed E-state index contributed by atoms with van der Waals surface area (Å²) >= 11 is 0. The van der Waals surface area contributed by atoms with Gasteiger partial charge < -0.3 is 14.5 Å². The third-order valence-corrected chi connectivity index (χ3v) is 4.12. The lowest BCUT2D eigenvalue weighted by atomic mass is 10.2. The summed E-state index contributed by atoms with van der Waals surface area (Å²) in [7, 11) is 0. The number of benzene rings is 1. The molecule has 0 N–H and O–H groups in total. The number of tetrazole rings is 1. The molecule has 9 nitrogen and oxygen atoms in total. The Labute approximate surface area is 143 Å². The molecule has 1 amide bonds. The second-order valence-corrected chi connectivity index (χ2v) is 5.73. The topological polar surface area (TPSA) is 88.8 Å². The number of aromatic nitrogens is 5. The SMILES string of the molecule is O=C(OCc1ccccc1)N1CCN(c2ccc3nnnn3n2)CC1. The van der Waals surface area contributed by atoms with E-state index < -0.39 is 0 Å². The van der Waals surface area contributed by atoms with Crippen molar-refractivity contribution in [2.75, 3.05) is 31.1 Å². The lowest BCUT2D eigenvalue weighted by Crippen LogP contribution is -2.49. The minimum Gasteiger partial charge on any atom is -0.445 e. The van der Waals surface area contributed by atoms with Gasteiger partial charge in [-0.2, -0.15) is 0 Å². The molecule has 1 saturated heterocycles. The van der Waals surface area contributed by atoms with E-state index in [4.69, 9.17) is 4.74 Å². The van der Waals surface area contributed by atoms with Gasteiger partial charge in [0.2, 0.25) is 0 Å². The van der Waals surface area contributed by atoms with E-state index in [-0.39, 0.29) is 12.7 Å². The van der Waals surface area contributed by atoms with Crippen LogP contribution in [0.15, 0.2) is 42.5 Å². The van der Waals surface area contributed by atoms with Gasteiger partial charge in [0, 0.05) is 26.2 Å². The molecule has 2 aromatic heterocycles. The zero-order valence-electron chi connectivity index (χ0n) is 13.5. The number of rotatable bonds is 3. The largest absolute Gasteiger partial charge is 0.445 e. The van der Waals surface area contributed by atoms with Gasteiger partial charge in [-0.25, -0.2) is 4.79 Å². The van der Waals surface area contributed by atoms with E-state index in [1.54, 1.807) is 4.90 Å². The van der Waals surface area contributed by atoms with Crippen LogP contribution in [0.2, 0.25) is 0 Å². The lowest BCUT2D eigenvalue weighted by Gasteiger charge is -2.34. The number of anilines is 1. The standard InChI is InChI=1S/C16H17N7O2/c24-16(25-12-13-4-2-1-3-5-13)22-10-8-21(9-11-22)15-7-6-14-17-19-20-23(14)18-15/h1-7H,8-12H2. The van der Waals surface area contributed by atoms with E-state index in [0.717, 1.165) is 11.4 Å². The fourth-order valence-corrected chi connectivity index (χ4v) is 2.74. The second kappa shape index (κ2) is 6.71. The van der Waals surface area contributed by atoms with Crippen LogP contribution in [0.1, 0.15) is 5.56 Å². The molecule has 25 heavy (non-hydrogen) atoms. The summed E-state index contributed by atoms with van der Waals surface area (Å²) in [6.45, 7) is 2.82. The molecule has 0 bridgehead atoms. The summed E-state index contributed by atoms with van der Waals surface area (Å²) in [5.74, 6) is 0.789. The summed E-state index contributed by atoms with van der Waals surface area (Å²) in [6, 6.07) is 13.4. The number of nitrogens with zero attached hydrogens (tertiary/aromatic N) is 7. The van der Waals surface area contributed by atoms with Crippen LogP contribution >= 0.6 is 0 Å². The molecule has 1 aliphatic rings. The van der Waals surface area contributed by atoms with Crippen molar-refractivity contribution in [3.05, 3.63) is 48.0 Å². The summed E-state index contributed by atoms with van der Waals surface area (Å²) < 4.78 is 6.78. The molecule has 0 saturated carbocycles. The fraction of sp³-hybridized carbons (Fsp3) is 0.312. The van der Waals surface area contributed by atoms with Gasteiger partial charge in [0.15, 0.2) is 11.5 Å². The number of piperazine rings is 1. The smallest absolute Gasteiger partial charge is 0.410 e. The van der Waals surface area contributed by atoms with Gasteiger partial charge in [0.25, 0.3) is 0 Å². The Morgan fingerprint density at radius 2 is 1.84 bits per heavy atom. The highest BCUT2D eigenvalue weighted by atomic mass is 16.6. The fourth-order valence-electron chi connectivity index (χ4n) is 2.74. The van der Waals surface area contributed by atoms with E-state index >= 15 is 0 Å². The number of amides is 1. The van der Waals surface area contributed by atoms with Crippen LogP contribution in [0.25, 0.3) is 5.65 Å². The van der Waals surface area contributed by atoms with Crippen molar-refractivity contribution >= 4 is 17.6 Å². The van der Waals surface area contributed by atoms with Crippen molar-refractivity contribution < 1.29 is 9.53 Å². The Morgan fingerprint density at radius 3 is 2.64 bits per heavy atom. The van der Waals surface area contributed by atoms with E-state index in [2.05, 4.69) is 25.5 Å². The van der Waals surface area contributed by atoms with Crippen molar-refractivity contribution in [2.45, 2.75) is 6.61 Å². The summed E-state index contributed by atoms with van der Waals surface area (Å²) in [5.41, 5.74) is 1.58. The maximum Gasteiger partial charge on any atom is 0.410 e. The van der Waals surface area contributed by atoms with Crippen LogP contribution in [0.4, 0.5) is 10.6 Å². The van der Waals surface area contributed by atoms with Gasteiger partial charge in [0.1, 0.15) is 6.61 Å². The van der Waals surface area contributed by atoms with Crippen LogP contribution in [0, 0.1) is 0 Å². The number of carbonyl (C=O) groups excluding carboxylic acids is 1. The maximum atomic E-state index is 12.2. The molecule has 3 heterocycles. The molecule has 9 heteroatoms. The lowest BCUT2D eigenvalue weighted by molar-refractivity contribution is 0.0941. The van der Waals surface area contributed by atoms with Gasteiger partial charge in [0.05, 0.1) is 0 Å². The molecule has 0 radical (unpaired) electrons. The Kier molecular flexibility index (Phi) is 4.11. The first-order chi connectivity index (χ1) is 12.3. The van der Waals surface area contributed by atoms with Gasteiger partial charge in [-0.1, -0.05) is 30.3 Å². The molecule has 1 aliphatic heterocycles. The first kappa shape index (κ1) is 15.3. The van der Waals surface area contributed by atoms with Gasteiger partial charge in [-0.15, -0.1) is 14.8 Å². The molecule has 0 spiro atoms. The highest BCUT2D eigenvalue weighted by Crippen LogP contribution is 2.14. The van der Waals surface area contributed by atoms with Gasteiger partial charge in [-0.3, -0.25) is 0 Å². The second-order valence-electron chi connectivity index (χ2n) is 5.73. The quantitative estimate of drug-likeness (QED) is 0.702. The minimum absolute atomic E-state index is 0.285. The number of carbonyl (C=O) groups is 1. The van der Waals surface area contributed by atoms with Crippen molar-refractivity contribution in [1.82, 2.24) is 30.2 Å². The van der Waals surface area contributed by atoms with E-state index in [1.807, 2.05) is 42.5 Å². The Hall–Kier alpha value is -3.23. The average Bonchev–Trinajstić information content (AvgIpc) is 3.15. The summed E-state index contributed by atoms with van der Waals surface area (Å²) in [5, 5.41) is 15.6. The van der Waals surface area contributed by atoms with Crippen molar-refractivity contribution in [3.63, 3.8) is 0 Å². The van der Waals surface area contributed by atoms with E-state index in [1.165, 1.54) is 4.63 Å². The van der Waals surface area contributed by atoms with Crippen LogP contribution in [-0.2, 0) is 11.3 Å². The molecule has 4 rings (SSSR count). The average molecular weight is 339 g/mol. The monoisotopic (exact) mass is 339 g/mol. The van der Waals surface area contributed by atoms with Gasteiger partial charge in [-0.05, 0) is 28.1 Å². The third-order valence-electron chi connectivity index (χ3n) is 4.12. The van der Waals surface area contributed by atoms with Crippen LogP contribution in [0.5, 0.6) is 0 Å². The predicted molar refractivity (Wildman–Crippen MR) is 89.0 cm³/mol. The molecular formula is C16H17N7O2. The molecular weight excluding hydrogens is 322 g/mol. The number of hydrogen-bond donors (Lipinski definition) is 0. The highest BCUT2D eigenvalue weighted by molar-refractivity contribution is 5.68. The Bertz CT molecular complexity index is 859. The normalized spacial score (nSPS) is 14.7. The number of ether oxygens (including phenoxy) is 1. The van der Waals surface area contributed by atoms with Crippen LogP contribution in [0.3, 0.4) is 0 Å². The zero-order chi connectivity index (χ0) is 17.1. The predicted octanol–water partition coefficient (Wildman–Crippen LogP) is 0.978. The van der Waals surface area contributed by atoms with Crippen LogP contribution in [-0.4, -0.2) is 62.4 Å². The first-order valence-electron chi connectivity index (χ1n) is 8.05. The van der Waals surface area contributed by atoms with Crippen LogP contribution < -0.4 is 4.90 Å². The maximum absolute atomic E-state index is 12.2. The molecule has 0 unspecified atom stereocenters. The third kappa shape index (κ3) is 3.35. The molecule has 1 fully saturated rings. The molecule has 0 atom stereocenters. The molecule has 1 aromatic carbocycles. The zero-order valence-corrected chi connectivity index (χ0v) is 13.5. The first-order valence-corrected chi connectivity index (χ1v) is 8.05. The van der Waals surface area contributed by atoms with Crippen molar-refractivity contribution in [3.8, 4) is 0 Å². The highest BCUT2D eigenvalue weighted by Gasteiger charge is 2.23. The summed E-state index contributed by atoms with van der Waals surface area (Å²) in [6.07, 6.45) is -0.285. The Balaban J connectivity index is 1.32.